The second-order valence-corrected chi connectivity index (χ2v) is 5.72. The molecule has 1 atom stereocenters. The number of carbonyl (C=O) groups is 1. The molecular weight excluding hydrogens is 286 g/mol. The summed E-state index contributed by atoms with van der Waals surface area (Å²) in [6, 6.07) is 3.35. The first-order valence-electron chi connectivity index (χ1n) is 5.77. The van der Waals surface area contributed by atoms with Crippen molar-refractivity contribution in [2.75, 3.05) is 6.54 Å². The Labute approximate surface area is 120 Å². The van der Waals surface area contributed by atoms with Gasteiger partial charge in [-0.15, -0.1) is 0 Å². The Morgan fingerprint density at radius 3 is 3.16 bits per heavy atom. The van der Waals surface area contributed by atoms with E-state index >= 15 is 0 Å². The first kappa shape index (κ1) is 14.1. The van der Waals surface area contributed by atoms with E-state index in [9.17, 15) is 4.79 Å². The van der Waals surface area contributed by atoms with E-state index in [1.54, 1.807) is 29.4 Å². The molecule has 0 saturated heterocycles. The summed E-state index contributed by atoms with van der Waals surface area (Å²) >= 11 is 7.37. The zero-order valence-electron chi connectivity index (χ0n) is 10.1. The van der Waals surface area contributed by atoms with Gasteiger partial charge in [0.25, 0.3) is 0 Å². The van der Waals surface area contributed by atoms with Crippen molar-refractivity contribution in [3.05, 3.63) is 34.6 Å². The summed E-state index contributed by atoms with van der Waals surface area (Å²) in [7, 11) is 0. The Hall–Kier alpha value is -1.31. The second-order valence-electron chi connectivity index (χ2n) is 3.86. The molecule has 0 spiro atoms. The molecule has 8 heteroatoms. The van der Waals surface area contributed by atoms with Crippen LogP contribution in [0.15, 0.2) is 28.9 Å². The van der Waals surface area contributed by atoms with Gasteiger partial charge in [0.2, 0.25) is 0 Å². The molecule has 0 bridgehead atoms. The molecule has 1 unspecified atom stereocenters. The summed E-state index contributed by atoms with van der Waals surface area (Å²) in [5, 5.41) is 10.4. The van der Waals surface area contributed by atoms with Crippen molar-refractivity contribution in [2.45, 2.75) is 18.3 Å². The van der Waals surface area contributed by atoms with Crippen molar-refractivity contribution in [1.29, 1.82) is 0 Å². The van der Waals surface area contributed by atoms with Gasteiger partial charge >= 0.3 is 6.03 Å². The number of amides is 2. The van der Waals surface area contributed by atoms with Gasteiger partial charge < -0.3 is 11.1 Å². The highest BCUT2D eigenvalue weighted by atomic mass is 35.5. The van der Waals surface area contributed by atoms with E-state index in [1.165, 1.54) is 11.8 Å². The minimum atomic E-state index is -0.216. The van der Waals surface area contributed by atoms with Crippen LogP contribution >= 0.6 is 23.4 Å². The lowest BCUT2D eigenvalue weighted by Crippen LogP contribution is -2.40. The summed E-state index contributed by atoms with van der Waals surface area (Å²) in [6.45, 7) is 0.832. The fourth-order valence-electron chi connectivity index (χ4n) is 1.62. The largest absolute Gasteiger partial charge is 0.332 e. The normalized spacial score (nSPS) is 18.3. The number of halogens is 1. The minimum Gasteiger partial charge on any atom is -0.332 e. The van der Waals surface area contributed by atoms with Gasteiger partial charge in [-0.2, -0.15) is 10.2 Å². The van der Waals surface area contributed by atoms with Crippen LogP contribution in [0.3, 0.4) is 0 Å². The molecule has 0 aliphatic carbocycles. The Morgan fingerprint density at radius 2 is 2.47 bits per heavy atom. The molecular formula is C11H14ClN5OS. The molecule has 3 N–H and O–H groups in total. The van der Waals surface area contributed by atoms with E-state index in [4.69, 9.17) is 17.3 Å². The molecule has 6 nitrogen and oxygen atoms in total. The van der Waals surface area contributed by atoms with Gasteiger partial charge in [0, 0.05) is 12.4 Å². The number of hydrogen-bond acceptors (Lipinski definition) is 5. The third kappa shape index (κ3) is 3.82. The third-order valence-corrected chi connectivity index (χ3v) is 3.93. The highest BCUT2D eigenvalue weighted by molar-refractivity contribution is 8.05. The van der Waals surface area contributed by atoms with Gasteiger partial charge in [-0.05, 0) is 25.1 Å². The number of nitrogens with zero attached hydrogens (tertiary/aromatic N) is 3. The zero-order chi connectivity index (χ0) is 13.7. The van der Waals surface area contributed by atoms with Gasteiger partial charge in [0.05, 0.1) is 22.0 Å². The van der Waals surface area contributed by atoms with Crippen molar-refractivity contribution < 1.29 is 4.79 Å². The molecule has 1 aromatic rings. The van der Waals surface area contributed by atoms with Crippen molar-refractivity contribution in [3.8, 4) is 0 Å². The summed E-state index contributed by atoms with van der Waals surface area (Å²) in [5.41, 5.74) is 6.23. The predicted octanol–water partition coefficient (Wildman–Crippen LogP) is 1.45. The van der Waals surface area contributed by atoms with E-state index in [-0.39, 0.29) is 11.4 Å². The molecule has 2 heterocycles. The second kappa shape index (κ2) is 6.74. The number of thioether (sulfide) groups is 1. The molecule has 102 valence electrons. The molecule has 1 aromatic heterocycles. The van der Waals surface area contributed by atoms with Crippen LogP contribution in [-0.2, 0) is 6.54 Å². The number of nitrogens with two attached hydrogens (primary N) is 1. The molecule has 0 fully saturated rings. The number of carbonyl (C=O) groups excluding carboxylic acids is 1. The lowest BCUT2D eigenvalue weighted by Gasteiger charge is -2.22. The minimum absolute atomic E-state index is 0.0423. The molecule has 1 aliphatic rings. The van der Waals surface area contributed by atoms with E-state index in [1.807, 2.05) is 0 Å². The van der Waals surface area contributed by atoms with Gasteiger partial charge in [-0.3, -0.25) is 4.90 Å². The van der Waals surface area contributed by atoms with Crippen molar-refractivity contribution in [1.82, 2.24) is 20.4 Å². The fourth-order valence-corrected chi connectivity index (χ4v) is 3.00. The van der Waals surface area contributed by atoms with E-state index in [0.717, 1.165) is 0 Å². The monoisotopic (exact) mass is 299 g/mol. The maximum atomic E-state index is 12.1. The molecule has 2 rings (SSSR count). The van der Waals surface area contributed by atoms with Crippen LogP contribution in [0, 0.1) is 0 Å². The highest BCUT2D eigenvalue weighted by Crippen LogP contribution is 2.36. The molecule has 0 saturated carbocycles. The van der Waals surface area contributed by atoms with Crippen LogP contribution in [0.25, 0.3) is 0 Å². The summed E-state index contributed by atoms with van der Waals surface area (Å²) in [4.78, 5) is 13.6. The molecule has 2 amide bonds. The van der Waals surface area contributed by atoms with Crippen LogP contribution in [0.1, 0.15) is 12.1 Å². The van der Waals surface area contributed by atoms with Crippen molar-refractivity contribution >= 4 is 29.4 Å². The Morgan fingerprint density at radius 1 is 1.63 bits per heavy atom. The van der Waals surface area contributed by atoms with Gasteiger partial charge in [0.15, 0.2) is 0 Å². The van der Waals surface area contributed by atoms with Crippen molar-refractivity contribution in [3.63, 3.8) is 0 Å². The maximum Gasteiger partial charge on any atom is 0.322 e. The van der Waals surface area contributed by atoms with Crippen LogP contribution < -0.4 is 11.1 Å². The standard InChI is InChI=1S/C11H14ClN5OS/c12-9-7-17(10(19-9)3-4-13)11(18)14-6-8-2-1-5-15-16-8/h1-2,5,7,10H,3-4,6,13H2,(H,14,18). The fraction of sp³-hybridized carbons (Fsp3) is 0.364. The third-order valence-electron chi connectivity index (χ3n) is 2.50. The average molecular weight is 300 g/mol. The number of rotatable bonds is 4. The average Bonchev–Trinajstić information content (AvgIpc) is 2.79. The summed E-state index contributed by atoms with van der Waals surface area (Å²) < 4.78 is 0.591. The molecule has 0 aromatic carbocycles. The first-order chi connectivity index (χ1) is 9.20. The predicted molar refractivity (Wildman–Crippen MR) is 75.1 cm³/mol. The smallest absolute Gasteiger partial charge is 0.322 e. The van der Waals surface area contributed by atoms with E-state index in [2.05, 4.69) is 15.5 Å². The molecule has 0 radical (unpaired) electrons. The Bertz CT molecular complexity index is 469. The van der Waals surface area contributed by atoms with Gasteiger partial charge in [0.1, 0.15) is 0 Å². The Balaban J connectivity index is 1.92. The lowest BCUT2D eigenvalue weighted by atomic mass is 10.4. The summed E-state index contributed by atoms with van der Waals surface area (Å²) in [5.74, 6) is 0. The maximum absolute atomic E-state index is 12.1. The van der Waals surface area contributed by atoms with Crippen LogP contribution in [0.5, 0.6) is 0 Å². The lowest BCUT2D eigenvalue weighted by molar-refractivity contribution is 0.211. The van der Waals surface area contributed by atoms with Crippen LogP contribution in [0.4, 0.5) is 4.79 Å². The molecule has 1 aliphatic heterocycles. The zero-order valence-corrected chi connectivity index (χ0v) is 11.7. The van der Waals surface area contributed by atoms with Gasteiger partial charge in [-0.25, -0.2) is 4.79 Å². The van der Waals surface area contributed by atoms with E-state index < -0.39 is 0 Å². The number of aromatic nitrogens is 2. The number of hydrogen-bond donors (Lipinski definition) is 2. The number of urea groups is 1. The van der Waals surface area contributed by atoms with Crippen LogP contribution in [0.2, 0.25) is 0 Å². The molecule has 19 heavy (non-hydrogen) atoms. The van der Waals surface area contributed by atoms with Gasteiger partial charge in [-0.1, -0.05) is 23.4 Å². The van der Waals surface area contributed by atoms with Crippen LogP contribution in [-0.4, -0.2) is 33.0 Å². The highest BCUT2D eigenvalue weighted by Gasteiger charge is 2.28. The quantitative estimate of drug-likeness (QED) is 0.879. The Kier molecular flexibility index (Phi) is 5.00. The van der Waals surface area contributed by atoms with E-state index in [0.29, 0.717) is 29.6 Å². The first-order valence-corrected chi connectivity index (χ1v) is 7.03. The topological polar surface area (TPSA) is 84.1 Å². The SMILES string of the molecule is NCCC1SC(Cl)=CN1C(=O)NCc1cccnn1. The summed E-state index contributed by atoms with van der Waals surface area (Å²) in [6.07, 6.45) is 3.90. The van der Waals surface area contributed by atoms with Crippen molar-refractivity contribution in [2.24, 2.45) is 5.73 Å². The number of nitrogens with one attached hydrogen (secondary N) is 1.